The molecule has 3 unspecified atom stereocenters. The molecule has 1 aliphatic heterocycles. The average Bonchev–Trinajstić information content (AvgIpc) is 3.10. The number of carbonyl (C=O) groups is 1. The molecule has 1 aromatic rings. The maximum Gasteiger partial charge on any atom is 0.314 e. The van der Waals surface area contributed by atoms with E-state index in [2.05, 4.69) is 29.2 Å². The van der Waals surface area contributed by atoms with Gasteiger partial charge in [-0.15, -0.1) is 12.4 Å². The maximum absolute atomic E-state index is 13.0. The highest BCUT2D eigenvalue weighted by molar-refractivity contribution is 5.85. The Morgan fingerprint density at radius 2 is 1.92 bits per heavy atom. The van der Waals surface area contributed by atoms with Gasteiger partial charge in [-0.25, -0.2) is 0 Å². The van der Waals surface area contributed by atoms with Crippen LogP contribution in [0.15, 0.2) is 42.5 Å². The van der Waals surface area contributed by atoms with Crippen LogP contribution >= 0.6 is 12.4 Å². The lowest BCUT2D eigenvalue weighted by molar-refractivity contribution is -0.152. The molecule has 1 fully saturated rings. The van der Waals surface area contributed by atoms with E-state index in [0.29, 0.717) is 0 Å². The predicted octanol–water partition coefficient (Wildman–Crippen LogP) is 4.58. The van der Waals surface area contributed by atoms with E-state index in [0.717, 1.165) is 44.5 Å². The lowest BCUT2D eigenvalue weighted by Gasteiger charge is -2.28. The second-order valence-corrected chi connectivity index (χ2v) is 7.17. The number of likely N-dealkylation sites (tertiary alicyclic amines) is 1. The minimum atomic E-state index is -0.177. The highest BCUT2D eigenvalue weighted by Gasteiger charge is 2.31. The summed E-state index contributed by atoms with van der Waals surface area (Å²) >= 11 is 0. The molecule has 0 spiro atoms. The molecule has 0 bridgehead atoms. The van der Waals surface area contributed by atoms with Crippen molar-refractivity contribution >= 4 is 18.4 Å². The first-order valence-corrected chi connectivity index (χ1v) is 9.38. The minimum absolute atomic E-state index is 0. The molecule has 2 aliphatic rings. The van der Waals surface area contributed by atoms with Gasteiger partial charge in [-0.3, -0.25) is 9.69 Å². The Morgan fingerprint density at radius 3 is 2.56 bits per heavy atom. The number of rotatable bonds is 6. The summed E-state index contributed by atoms with van der Waals surface area (Å²) in [6.07, 6.45) is 10.2. The minimum Gasteiger partial charge on any atom is -0.461 e. The number of halogens is 1. The molecule has 0 saturated carbocycles. The first kappa shape index (κ1) is 20.0. The van der Waals surface area contributed by atoms with Crippen LogP contribution in [-0.4, -0.2) is 36.6 Å². The summed E-state index contributed by atoms with van der Waals surface area (Å²) in [7, 11) is 0. The number of nitrogens with zero attached hydrogens (tertiary/aromatic N) is 1. The quantitative estimate of drug-likeness (QED) is 0.547. The van der Waals surface area contributed by atoms with Gasteiger partial charge in [0.15, 0.2) is 0 Å². The molecule has 3 nitrogen and oxygen atoms in total. The van der Waals surface area contributed by atoms with Crippen molar-refractivity contribution in [1.82, 2.24) is 4.90 Å². The number of hydrogen-bond acceptors (Lipinski definition) is 3. The van der Waals surface area contributed by atoms with Crippen molar-refractivity contribution in [3.63, 3.8) is 0 Å². The molecule has 1 aliphatic carbocycles. The first-order valence-electron chi connectivity index (χ1n) is 9.38. The fourth-order valence-corrected chi connectivity index (χ4v) is 3.97. The number of carbonyl (C=O) groups excluding carboxylic acids is 1. The molecule has 138 valence electrons. The van der Waals surface area contributed by atoms with Crippen LogP contribution in [0.3, 0.4) is 0 Å². The molecule has 1 heterocycles. The van der Waals surface area contributed by atoms with Gasteiger partial charge in [-0.1, -0.05) is 42.5 Å². The van der Waals surface area contributed by atoms with Gasteiger partial charge in [0.2, 0.25) is 0 Å². The van der Waals surface area contributed by atoms with E-state index in [9.17, 15) is 4.79 Å². The molecule has 25 heavy (non-hydrogen) atoms. The van der Waals surface area contributed by atoms with Crippen LogP contribution in [-0.2, 0) is 9.53 Å². The third kappa shape index (κ3) is 5.58. The van der Waals surface area contributed by atoms with Crippen molar-refractivity contribution in [2.45, 2.75) is 51.0 Å². The Bertz CT molecular complexity index is 554. The standard InChI is InChI=1S/C21H29NO2.ClH/c1-17(16-22-14-8-9-15-22)24-21(23)20(18-10-4-2-5-11-18)19-12-6-3-7-13-19;/h2,4-6,10-12,17,19-20H,3,7-9,13-16H2,1H3;1H. The van der Waals surface area contributed by atoms with Crippen LogP contribution in [0.4, 0.5) is 0 Å². The van der Waals surface area contributed by atoms with Crippen molar-refractivity contribution in [2.24, 2.45) is 5.92 Å². The van der Waals surface area contributed by atoms with Gasteiger partial charge in [-0.2, -0.15) is 0 Å². The van der Waals surface area contributed by atoms with Crippen LogP contribution in [0.2, 0.25) is 0 Å². The van der Waals surface area contributed by atoms with E-state index >= 15 is 0 Å². The molecule has 3 rings (SSSR count). The van der Waals surface area contributed by atoms with Crippen LogP contribution in [0.1, 0.15) is 50.5 Å². The molecule has 0 radical (unpaired) electrons. The molecule has 1 aromatic carbocycles. The van der Waals surface area contributed by atoms with E-state index < -0.39 is 0 Å². The molecule has 4 heteroatoms. The second kappa shape index (κ2) is 9.98. The normalized spacial score (nSPS) is 22.8. The summed E-state index contributed by atoms with van der Waals surface area (Å²) in [6, 6.07) is 10.1. The largest absolute Gasteiger partial charge is 0.461 e. The molecule has 1 saturated heterocycles. The number of benzene rings is 1. The molecule has 0 amide bonds. The highest BCUT2D eigenvalue weighted by atomic mass is 35.5. The van der Waals surface area contributed by atoms with Crippen molar-refractivity contribution in [2.75, 3.05) is 19.6 Å². The van der Waals surface area contributed by atoms with Crippen molar-refractivity contribution in [3.8, 4) is 0 Å². The van der Waals surface area contributed by atoms with Crippen LogP contribution in [0.5, 0.6) is 0 Å². The summed E-state index contributed by atoms with van der Waals surface area (Å²) < 4.78 is 5.87. The third-order valence-electron chi connectivity index (χ3n) is 5.16. The topological polar surface area (TPSA) is 29.5 Å². The summed E-state index contributed by atoms with van der Waals surface area (Å²) in [4.78, 5) is 15.4. The molecule has 3 atom stereocenters. The maximum atomic E-state index is 13.0. The Labute approximate surface area is 157 Å². The third-order valence-corrected chi connectivity index (χ3v) is 5.16. The van der Waals surface area contributed by atoms with Gasteiger partial charge < -0.3 is 4.74 Å². The fourth-order valence-electron chi connectivity index (χ4n) is 3.97. The van der Waals surface area contributed by atoms with Crippen LogP contribution in [0.25, 0.3) is 0 Å². The lowest BCUT2D eigenvalue weighted by atomic mass is 9.80. The average molecular weight is 364 g/mol. The van der Waals surface area contributed by atoms with Crippen LogP contribution < -0.4 is 0 Å². The number of esters is 1. The van der Waals surface area contributed by atoms with Crippen molar-refractivity contribution < 1.29 is 9.53 Å². The molecular weight excluding hydrogens is 334 g/mol. The van der Waals surface area contributed by atoms with Crippen LogP contribution in [0, 0.1) is 5.92 Å². The molecule has 0 aromatic heterocycles. The fraction of sp³-hybridized carbons (Fsp3) is 0.571. The Morgan fingerprint density at radius 1 is 1.20 bits per heavy atom. The molecule has 0 N–H and O–H groups in total. The van der Waals surface area contributed by atoms with E-state index in [1.165, 1.54) is 12.8 Å². The van der Waals surface area contributed by atoms with E-state index in [4.69, 9.17) is 4.74 Å². The SMILES string of the molecule is CC(CN1CCCC1)OC(=O)C(c1ccccc1)C1C=CCCC1.Cl. The monoisotopic (exact) mass is 363 g/mol. The Balaban J connectivity index is 0.00000225. The van der Waals surface area contributed by atoms with Crippen molar-refractivity contribution in [3.05, 3.63) is 48.0 Å². The van der Waals surface area contributed by atoms with Gasteiger partial charge in [-0.05, 0) is 63.6 Å². The first-order chi connectivity index (χ1) is 11.7. The Kier molecular flexibility index (Phi) is 7.98. The second-order valence-electron chi connectivity index (χ2n) is 7.17. The van der Waals surface area contributed by atoms with E-state index in [1.54, 1.807) is 0 Å². The zero-order valence-electron chi connectivity index (χ0n) is 15.1. The number of ether oxygens (including phenoxy) is 1. The van der Waals surface area contributed by atoms with Crippen molar-refractivity contribution in [1.29, 1.82) is 0 Å². The zero-order valence-corrected chi connectivity index (χ0v) is 15.9. The summed E-state index contributed by atoms with van der Waals surface area (Å²) in [5.41, 5.74) is 1.08. The smallest absolute Gasteiger partial charge is 0.314 e. The van der Waals surface area contributed by atoms with Gasteiger partial charge in [0.25, 0.3) is 0 Å². The highest BCUT2D eigenvalue weighted by Crippen LogP contribution is 2.33. The summed E-state index contributed by atoms with van der Waals surface area (Å²) in [6.45, 7) is 5.15. The Hall–Kier alpha value is -1.32. The molecular formula is C21H30ClNO2. The number of allylic oxidation sites excluding steroid dienone is 2. The predicted molar refractivity (Wildman–Crippen MR) is 104 cm³/mol. The lowest BCUT2D eigenvalue weighted by Crippen LogP contribution is -2.34. The summed E-state index contributed by atoms with van der Waals surface area (Å²) in [5, 5.41) is 0. The van der Waals surface area contributed by atoms with E-state index in [-0.39, 0.29) is 36.3 Å². The van der Waals surface area contributed by atoms with Gasteiger partial charge in [0, 0.05) is 6.54 Å². The zero-order chi connectivity index (χ0) is 16.8. The van der Waals surface area contributed by atoms with Gasteiger partial charge in [0.05, 0.1) is 5.92 Å². The summed E-state index contributed by atoms with van der Waals surface area (Å²) in [5.74, 6) is 0.0147. The van der Waals surface area contributed by atoms with Gasteiger partial charge >= 0.3 is 5.97 Å². The number of hydrogen-bond donors (Lipinski definition) is 0. The van der Waals surface area contributed by atoms with Gasteiger partial charge in [0.1, 0.15) is 6.10 Å². The van der Waals surface area contributed by atoms with E-state index in [1.807, 2.05) is 25.1 Å².